The number of nitrogens with two attached hydrogens (primary N) is 1. The minimum absolute atomic E-state index is 0.0183. The van der Waals surface area contributed by atoms with E-state index in [4.69, 9.17) is 17.3 Å². The van der Waals surface area contributed by atoms with E-state index in [0.29, 0.717) is 17.5 Å². The molecule has 1 aliphatic heterocycles. The van der Waals surface area contributed by atoms with Crippen molar-refractivity contribution >= 4 is 34.7 Å². The summed E-state index contributed by atoms with van der Waals surface area (Å²) >= 11 is 6.12. The van der Waals surface area contributed by atoms with Gasteiger partial charge in [0, 0.05) is 36.4 Å². The number of aryl methyl sites for hydroxylation is 1. The molecule has 142 valence electrons. The van der Waals surface area contributed by atoms with Crippen LogP contribution in [0.15, 0.2) is 30.5 Å². The molecule has 9 heteroatoms. The number of hydrogen-bond donors (Lipinski definition) is 2. The van der Waals surface area contributed by atoms with Crippen LogP contribution in [0.2, 0.25) is 5.02 Å². The van der Waals surface area contributed by atoms with Crippen LogP contribution in [0.4, 0.5) is 17.2 Å². The first-order valence-corrected chi connectivity index (χ1v) is 8.92. The molecule has 0 bridgehead atoms. The van der Waals surface area contributed by atoms with Gasteiger partial charge in [0.05, 0.1) is 10.5 Å². The fourth-order valence-corrected chi connectivity index (χ4v) is 3.43. The highest BCUT2D eigenvalue weighted by atomic mass is 35.5. The van der Waals surface area contributed by atoms with Gasteiger partial charge in [0.25, 0.3) is 11.6 Å². The molecule has 1 saturated heterocycles. The Morgan fingerprint density at radius 2 is 2.26 bits per heavy atom. The number of primary amides is 1. The smallest absolute Gasteiger partial charge is 0.288 e. The fourth-order valence-electron chi connectivity index (χ4n) is 3.26. The van der Waals surface area contributed by atoms with Gasteiger partial charge in [-0.2, -0.15) is 0 Å². The zero-order valence-corrected chi connectivity index (χ0v) is 15.6. The average molecular weight is 390 g/mol. The van der Waals surface area contributed by atoms with E-state index >= 15 is 0 Å². The fraction of sp³-hybridized carbons (Fsp3) is 0.333. The molecule has 1 fully saturated rings. The number of hydrogen-bond acceptors (Lipinski definition) is 6. The molecule has 2 heterocycles. The number of nitro groups is 1. The summed E-state index contributed by atoms with van der Waals surface area (Å²) in [5.74, 6) is -0.150. The van der Waals surface area contributed by atoms with E-state index in [1.807, 2.05) is 18.2 Å². The van der Waals surface area contributed by atoms with Gasteiger partial charge >= 0.3 is 0 Å². The number of rotatable bonds is 6. The molecule has 0 saturated carbocycles. The number of amides is 1. The number of anilines is 2. The molecular formula is C18H20ClN5O3. The van der Waals surface area contributed by atoms with E-state index in [0.717, 1.165) is 37.5 Å². The van der Waals surface area contributed by atoms with Gasteiger partial charge in [-0.1, -0.05) is 17.7 Å². The third-order valence-corrected chi connectivity index (χ3v) is 4.94. The van der Waals surface area contributed by atoms with Crippen LogP contribution in [0, 0.1) is 23.0 Å². The van der Waals surface area contributed by atoms with Crippen LogP contribution in [-0.4, -0.2) is 35.4 Å². The Bertz CT molecular complexity index is 889. The molecule has 0 spiro atoms. The van der Waals surface area contributed by atoms with Crippen molar-refractivity contribution in [2.24, 2.45) is 11.7 Å². The van der Waals surface area contributed by atoms with Crippen LogP contribution in [0.5, 0.6) is 0 Å². The number of pyridine rings is 1. The van der Waals surface area contributed by atoms with E-state index in [1.165, 1.54) is 5.56 Å². The van der Waals surface area contributed by atoms with E-state index < -0.39 is 10.8 Å². The predicted molar refractivity (Wildman–Crippen MR) is 104 cm³/mol. The van der Waals surface area contributed by atoms with Crippen molar-refractivity contribution in [3.63, 3.8) is 0 Å². The minimum atomic E-state index is -0.753. The summed E-state index contributed by atoms with van der Waals surface area (Å²) < 4.78 is 0. The lowest BCUT2D eigenvalue weighted by atomic mass is 10.1. The van der Waals surface area contributed by atoms with E-state index in [2.05, 4.69) is 22.1 Å². The van der Waals surface area contributed by atoms with Crippen molar-refractivity contribution in [1.82, 2.24) is 4.98 Å². The Morgan fingerprint density at radius 3 is 2.96 bits per heavy atom. The maximum absolute atomic E-state index is 11.6. The normalized spacial score (nSPS) is 16.4. The third-order valence-electron chi connectivity index (χ3n) is 4.71. The molecule has 1 aromatic carbocycles. The molecular weight excluding hydrogens is 370 g/mol. The van der Waals surface area contributed by atoms with Gasteiger partial charge in [0.1, 0.15) is 12.0 Å². The molecule has 1 aliphatic rings. The van der Waals surface area contributed by atoms with Crippen molar-refractivity contribution in [3.8, 4) is 0 Å². The summed E-state index contributed by atoms with van der Waals surface area (Å²) in [6.45, 7) is 4.38. The zero-order valence-electron chi connectivity index (χ0n) is 14.8. The van der Waals surface area contributed by atoms with Gasteiger partial charge in [-0.15, -0.1) is 0 Å². The van der Waals surface area contributed by atoms with Gasteiger partial charge in [-0.05, 0) is 37.0 Å². The standard InChI is InChI=1S/C18H20ClN5O3/c1-11-2-3-13(19)6-16(11)23-5-4-12(10-23)8-21-18-15(17(20)25)7-14(9-22-18)24(26)27/h2-3,6-7,9,12H,4-5,8,10H2,1H3,(H2,20,25)(H,21,22). The maximum Gasteiger partial charge on any atom is 0.288 e. The zero-order chi connectivity index (χ0) is 19.6. The van der Waals surface area contributed by atoms with Crippen LogP contribution in [0.1, 0.15) is 22.3 Å². The van der Waals surface area contributed by atoms with E-state index in [1.54, 1.807) is 0 Å². The Balaban J connectivity index is 1.67. The van der Waals surface area contributed by atoms with E-state index in [9.17, 15) is 14.9 Å². The van der Waals surface area contributed by atoms with Crippen LogP contribution in [-0.2, 0) is 0 Å². The maximum atomic E-state index is 11.6. The molecule has 1 atom stereocenters. The largest absolute Gasteiger partial charge is 0.371 e. The summed E-state index contributed by atoms with van der Waals surface area (Å²) in [7, 11) is 0. The van der Waals surface area contributed by atoms with Crippen LogP contribution < -0.4 is 16.0 Å². The van der Waals surface area contributed by atoms with Crippen molar-refractivity contribution < 1.29 is 9.72 Å². The minimum Gasteiger partial charge on any atom is -0.371 e. The molecule has 0 aliphatic carbocycles. The average Bonchev–Trinajstić information content (AvgIpc) is 3.10. The SMILES string of the molecule is Cc1ccc(Cl)cc1N1CCC(CNc2ncc([N+](=O)[O-])cc2C(N)=O)C1. The molecule has 1 amide bonds. The lowest BCUT2D eigenvalue weighted by Crippen LogP contribution is -2.24. The van der Waals surface area contributed by atoms with Crippen LogP contribution >= 0.6 is 11.6 Å². The lowest BCUT2D eigenvalue weighted by molar-refractivity contribution is -0.385. The summed E-state index contributed by atoms with van der Waals surface area (Å²) in [5.41, 5.74) is 7.38. The van der Waals surface area contributed by atoms with Crippen molar-refractivity contribution in [2.75, 3.05) is 29.9 Å². The number of benzene rings is 1. The second-order valence-corrected chi connectivity index (χ2v) is 7.06. The quantitative estimate of drug-likeness (QED) is 0.579. The molecule has 3 N–H and O–H groups in total. The summed E-state index contributed by atoms with van der Waals surface area (Å²) in [4.78, 5) is 28.1. The number of nitrogens with zero attached hydrogens (tertiary/aromatic N) is 3. The Morgan fingerprint density at radius 1 is 1.48 bits per heavy atom. The number of carbonyl (C=O) groups excluding carboxylic acids is 1. The van der Waals surface area contributed by atoms with Gasteiger partial charge in [0.15, 0.2) is 0 Å². The molecule has 27 heavy (non-hydrogen) atoms. The summed E-state index contributed by atoms with van der Waals surface area (Å²) in [5, 5.41) is 14.7. The lowest BCUT2D eigenvalue weighted by Gasteiger charge is -2.21. The highest BCUT2D eigenvalue weighted by Crippen LogP contribution is 2.29. The number of nitrogens with one attached hydrogen (secondary N) is 1. The molecule has 1 aromatic heterocycles. The molecule has 0 radical (unpaired) electrons. The van der Waals surface area contributed by atoms with Gasteiger partial charge < -0.3 is 16.0 Å². The van der Waals surface area contributed by atoms with Crippen molar-refractivity contribution in [1.29, 1.82) is 0 Å². The van der Waals surface area contributed by atoms with Crippen LogP contribution in [0.3, 0.4) is 0 Å². The van der Waals surface area contributed by atoms with Crippen LogP contribution in [0.25, 0.3) is 0 Å². The van der Waals surface area contributed by atoms with Gasteiger partial charge in [0.2, 0.25) is 0 Å². The highest BCUT2D eigenvalue weighted by Gasteiger charge is 2.25. The summed E-state index contributed by atoms with van der Waals surface area (Å²) in [6.07, 6.45) is 2.09. The second kappa shape index (κ2) is 7.79. The van der Waals surface area contributed by atoms with Crippen molar-refractivity contribution in [3.05, 3.63) is 56.7 Å². The number of carbonyl (C=O) groups is 1. The van der Waals surface area contributed by atoms with Gasteiger partial charge in [-0.3, -0.25) is 14.9 Å². The topological polar surface area (TPSA) is 114 Å². The second-order valence-electron chi connectivity index (χ2n) is 6.62. The first-order valence-electron chi connectivity index (χ1n) is 8.54. The monoisotopic (exact) mass is 389 g/mol. The Kier molecular flexibility index (Phi) is 5.46. The highest BCUT2D eigenvalue weighted by molar-refractivity contribution is 6.30. The Hall–Kier alpha value is -2.87. The predicted octanol–water partition coefficient (Wildman–Crippen LogP) is 2.99. The Labute approximate surface area is 161 Å². The first kappa shape index (κ1) is 18.9. The first-order chi connectivity index (χ1) is 12.8. The molecule has 2 aromatic rings. The molecule has 1 unspecified atom stereocenters. The number of aromatic nitrogens is 1. The third kappa shape index (κ3) is 4.28. The molecule has 8 nitrogen and oxygen atoms in total. The molecule has 3 rings (SSSR count). The van der Waals surface area contributed by atoms with Gasteiger partial charge in [-0.25, -0.2) is 4.98 Å². The van der Waals surface area contributed by atoms with E-state index in [-0.39, 0.29) is 17.1 Å². The number of halogens is 1. The summed E-state index contributed by atoms with van der Waals surface area (Å²) in [6, 6.07) is 6.99. The van der Waals surface area contributed by atoms with Crippen molar-refractivity contribution in [2.45, 2.75) is 13.3 Å².